The first kappa shape index (κ1) is 16.5. The maximum absolute atomic E-state index is 12.3. The molecule has 130 valence electrons. The minimum absolute atomic E-state index is 0.0538. The molecule has 7 nitrogen and oxygen atoms in total. The van der Waals surface area contributed by atoms with Gasteiger partial charge in [0.25, 0.3) is 5.91 Å². The minimum atomic E-state index is -4.36. The summed E-state index contributed by atoms with van der Waals surface area (Å²) in [5, 5.41) is 13.6. The van der Waals surface area contributed by atoms with Crippen LogP contribution in [0.3, 0.4) is 0 Å². The molecule has 24 heavy (non-hydrogen) atoms. The van der Waals surface area contributed by atoms with Crippen LogP contribution in [0.25, 0.3) is 0 Å². The van der Waals surface area contributed by atoms with Crippen LogP contribution in [-0.2, 0) is 6.54 Å². The Bertz CT molecular complexity index is 701. The number of halogens is 3. The number of carbonyl (C=O) groups excluding carboxylic acids is 1. The van der Waals surface area contributed by atoms with Gasteiger partial charge in [-0.15, -0.1) is 0 Å². The van der Waals surface area contributed by atoms with Crippen molar-refractivity contribution in [3.63, 3.8) is 0 Å². The predicted molar refractivity (Wildman–Crippen MR) is 79.6 cm³/mol. The number of hydrogen-bond acceptors (Lipinski definition) is 4. The highest BCUT2D eigenvalue weighted by molar-refractivity contribution is 6.02. The van der Waals surface area contributed by atoms with Crippen molar-refractivity contribution >= 4 is 11.7 Å². The number of alkyl halides is 3. The van der Waals surface area contributed by atoms with Crippen molar-refractivity contribution in [1.29, 1.82) is 0 Å². The third-order valence-electron chi connectivity index (χ3n) is 3.71. The highest BCUT2D eigenvalue weighted by Gasteiger charge is 2.28. The van der Waals surface area contributed by atoms with E-state index in [2.05, 4.69) is 20.8 Å². The van der Waals surface area contributed by atoms with Gasteiger partial charge in [-0.3, -0.25) is 14.2 Å². The van der Waals surface area contributed by atoms with Crippen LogP contribution in [0.15, 0.2) is 24.5 Å². The number of carbonyl (C=O) groups is 1. The second kappa shape index (κ2) is 6.63. The van der Waals surface area contributed by atoms with Gasteiger partial charge >= 0.3 is 6.18 Å². The highest BCUT2D eigenvalue weighted by Crippen LogP contribution is 2.18. The first-order valence-corrected chi connectivity index (χ1v) is 7.58. The fourth-order valence-corrected chi connectivity index (χ4v) is 2.60. The fraction of sp³-hybridized carbons (Fsp3) is 0.500. The summed E-state index contributed by atoms with van der Waals surface area (Å²) in [7, 11) is 0. The number of aromatic nitrogens is 4. The average molecular weight is 342 g/mol. The van der Waals surface area contributed by atoms with Gasteiger partial charge in [-0.05, 0) is 25.5 Å². The van der Waals surface area contributed by atoms with E-state index in [1.54, 1.807) is 16.9 Å². The minimum Gasteiger partial charge on any atom is -0.315 e. The Morgan fingerprint density at radius 3 is 2.88 bits per heavy atom. The molecule has 1 fully saturated rings. The molecule has 0 aliphatic carbocycles. The highest BCUT2D eigenvalue weighted by atomic mass is 19.4. The second-order valence-electron chi connectivity index (χ2n) is 5.65. The largest absolute Gasteiger partial charge is 0.408 e. The van der Waals surface area contributed by atoms with Crippen molar-refractivity contribution in [2.45, 2.75) is 31.6 Å². The molecule has 1 saturated heterocycles. The van der Waals surface area contributed by atoms with Crippen LogP contribution < -0.4 is 10.6 Å². The van der Waals surface area contributed by atoms with E-state index < -0.39 is 18.6 Å². The van der Waals surface area contributed by atoms with Gasteiger partial charge < -0.3 is 10.6 Å². The normalized spacial score (nSPS) is 18.5. The van der Waals surface area contributed by atoms with E-state index >= 15 is 0 Å². The van der Waals surface area contributed by atoms with Crippen LogP contribution in [0.1, 0.15) is 29.4 Å². The molecular formula is C14H17F3N6O. The SMILES string of the molecule is O=C(Nc1ccn(CC(F)(F)F)n1)c1ccn(C2CCCNC2)n1. The number of piperidine rings is 1. The Morgan fingerprint density at radius 1 is 1.33 bits per heavy atom. The molecular weight excluding hydrogens is 325 g/mol. The van der Waals surface area contributed by atoms with E-state index in [9.17, 15) is 18.0 Å². The average Bonchev–Trinajstić information content (AvgIpc) is 3.16. The fourth-order valence-electron chi connectivity index (χ4n) is 2.60. The van der Waals surface area contributed by atoms with Gasteiger partial charge in [-0.1, -0.05) is 0 Å². The van der Waals surface area contributed by atoms with Gasteiger partial charge in [0.2, 0.25) is 0 Å². The zero-order valence-corrected chi connectivity index (χ0v) is 12.8. The Morgan fingerprint density at radius 2 is 2.17 bits per heavy atom. The molecule has 2 N–H and O–H groups in total. The molecule has 2 aromatic rings. The van der Waals surface area contributed by atoms with Crippen LogP contribution in [-0.4, -0.2) is 44.7 Å². The van der Waals surface area contributed by atoms with Gasteiger partial charge in [0.15, 0.2) is 11.5 Å². The van der Waals surface area contributed by atoms with Crippen LogP contribution in [0.4, 0.5) is 19.0 Å². The monoisotopic (exact) mass is 342 g/mol. The zero-order valence-electron chi connectivity index (χ0n) is 12.8. The van der Waals surface area contributed by atoms with Crippen LogP contribution in [0.5, 0.6) is 0 Å². The van der Waals surface area contributed by atoms with Crippen molar-refractivity contribution < 1.29 is 18.0 Å². The van der Waals surface area contributed by atoms with E-state index in [4.69, 9.17) is 0 Å². The summed E-state index contributed by atoms with van der Waals surface area (Å²) < 4.78 is 39.3. The summed E-state index contributed by atoms with van der Waals surface area (Å²) in [6.45, 7) is 0.572. The number of amides is 1. The molecule has 10 heteroatoms. The molecule has 1 amide bonds. The van der Waals surface area contributed by atoms with Crippen molar-refractivity contribution in [3.05, 3.63) is 30.2 Å². The molecule has 0 radical (unpaired) electrons. The van der Waals surface area contributed by atoms with Gasteiger partial charge in [-0.25, -0.2) is 0 Å². The summed E-state index contributed by atoms with van der Waals surface area (Å²) in [5.74, 6) is -0.451. The van der Waals surface area contributed by atoms with Crippen molar-refractivity contribution in [2.75, 3.05) is 18.4 Å². The summed E-state index contributed by atoms with van der Waals surface area (Å²) in [6.07, 6.45) is 0.560. The van der Waals surface area contributed by atoms with Crippen LogP contribution in [0.2, 0.25) is 0 Å². The third kappa shape index (κ3) is 4.13. The van der Waals surface area contributed by atoms with Crippen molar-refractivity contribution in [1.82, 2.24) is 24.9 Å². The van der Waals surface area contributed by atoms with E-state index in [-0.39, 0.29) is 17.6 Å². The molecule has 1 unspecified atom stereocenters. The van der Waals surface area contributed by atoms with E-state index in [0.717, 1.165) is 36.8 Å². The lowest BCUT2D eigenvalue weighted by Crippen LogP contribution is -2.32. The smallest absolute Gasteiger partial charge is 0.315 e. The number of rotatable bonds is 4. The van der Waals surface area contributed by atoms with Crippen molar-refractivity contribution in [3.8, 4) is 0 Å². The molecule has 3 rings (SSSR count). The van der Waals surface area contributed by atoms with Gasteiger partial charge in [0.05, 0.1) is 6.04 Å². The number of nitrogens with zero attached hydrogens (tertiary/aromatic N) is 4. The van der Waals surface area contributed by atoms with E-state index in [0.29, 0.717) is 0 Å². The zero-order chi connectivity index (χ0) is 17.2. The molecule has 1 aliphatic rings. The molecule has 1 atom stereocenters. The Kier molecular flexibility index (Phi) is 4.56. The van der Waals surface area contributed by atoms with E-state index in [1.807, 2.05) is 0 Å². The first-order valence-electron chi connectivity index (χ1n) is 7.58. The topological polar surface area (TPSA) is 76.8 Å². The summed E-state index contributed by atoms with van der Waals surface area (Å²) >= 11 is 0. The third-order valence-corrected chi connectivity index (χ3v) is 3.71. The predicted octanol–water partition coefficient (Wildman–Crippen LogP) is 1.82. The van der Waals surface area contributed by atoms with Gasteiger partial charge in [0.1, 0.15) is 6.54 Å². The lowest BCUT2D eigenvalue weighted by molar-refractivity contribution is -0.142. The number of anilines is 1. The molecule has 1 aliphatic heterocycles. The van der Waals surface area contributed by atoms with Gasteiger partial charge in [-0.2, -0.15) is 23.4 Å². The number of hydrogen-bond donors (Lipinski definition) is 2. The van der Waals surface area contributed by atoms with Crippen LogP contribution >= 0.6 is 0 Å². The maximum Gasteiger partial charge on any atom is 0.408 e. The summed E-state index contributed by atoms with van der Waals surface area (Å²) in [5.41, 5.74) is 0.200. The Balaban J connectivity index is 1.62. The number of nitrogens with one attached hydrogen (secondary N) is 2. The first-order chi connectivity index (χ1) is 11.4. The molecule has 0 saturated carbocycles. The Hall–Kier alpha value is -2.36. The van der Waals surface area contributed by atoms with Crippen LogP contribution in [0, 0.1) is 0 Å². The Labute approximate surface area is 135 Å². The standard InChI is InChI=1S/C14H17F3N6O/c15-14(16,17)9-22-6-4-12(21-22)19-13(24)11-3-7-23(20-11)10-2-1-5-18-8-10/h3-4,6-7,10,18H,1-2,5,8-9H2,(H,19,21,24). The molecule has 0 bridgehead atoms. The molecule has 0 spiro atoms. The molecule has 0 aromatic carbocycles. The van der Waals surface area contributed by atoms with Gasteiger partial charge in [0, 0.05) is 25.0 Å². The lowest BCUT2D eigenvalue weighted by Gasteiger charge is -2.22. The molecule has 2 aromatic heterocycles. The summed E-state index contributed by atoms with van der Waals surface area (Å²) in [6, 6.07) is 3.09. The van der Waals surface area contributed by atoms with Crippen molar-refractivity contribution in [2.24, 2.45) is 0 Å². The van der Waals surface area contributed by atoms with E-state index in [1.165, 1.54) is 6.07 Å². The maximum atomic E-state index is 12.3. The summed E-state index contributed by atoms with van der Waals surface area (Å²) in [4.78, 5) is 12.1. The second-order valence-corrected chi connectivity index (χ2v) is 5.65. The quantitative estimate of drug-likeness (QED) is 0.889. The lowest BCUT2D eigenvalue weighted by atomic mass is 10.1. The molecule has 3 heterocycles.